The first kappa shape index (κ1) is 17.2. The molecule has 1 atom stereocenters. The number of nitrogens with one attached hydrogen (secondary N) is 1. The number of nitrogens with zero attached hydrogens (tertiary/aromatic N) is 1. The van der Waals surface area contributed by atoms with Crippen molar-refractivity contribution in [3.8, 4) is 0 Å². The number of carbonyl (C=O) groups is 3. The predicted octanol–water partition coefficient (Wildman–Crippen LogP) is 1.11. The van der Waals surface area contributed by atoms with E-state index in [2.05, 4.69) is 21.2 Å². The van der Waals surface area contributed by atoms with Gasteiger partial charge in [0.2, 0.25) is 5.91 Å². The van der Waals surface area contributed by atoms with Crippen molar-refractivity contribution in [2.24, 2.45) is 5.73 Å². The van der Waals surface area contributed by atoms with Crippen molar-refractivity contribution in [2.45, 2.75) is 38.8 Å². The van der Waals surface area contributed by atoms with Gasteiger partial charge in [-0.15, -0.1) is 0 Å². The van der Waals surface area contributed by atoms with Crippen LogP contribution in [0.15, 0.2) is 16.7 Å². The molecule has 2 amide bonds. The average molecular weight is 360 g/mol. The van der Waals surface area contributed by atoms with Crippen LogP contribution >= 0.6 is 15.9 Å². The van der Waals surface area contributed by atoms with Crippen molar-refractivity contribution in [3.05, 3.63) is 22.4 Å². The highest BCUT2D eigenvalue weighted by Crippen LogP contribution is 2.16. The second kappa shape index (κ2) is 7.82. The van der Waals surface area contributed by atoms with Crippen LogP contribution in [0.4, 0.5) is 0 Å². The summed E-state index contributed by atoms with van der Waals surface area (Å²) < 4.78 is 2.48. The van der Waals surface area contributed by atoms with Crippen molar-refractivity contribution >= 4 is 33.7 Å². The van der Waals surface area contributed by atoms with Crippen molar-refractivity contribution in [3.63, 3.8) is 0 Å². The van der Waals surface area contributed by atoms with Gasteiger partial charge in [0.25, 0.3) is 5.91 Å². The first-order chi connectivity index (χ1) is 9.85. The maximum absolute atomic E-state index is 12.2. The van der Waals surface area contributed by atoms with Crippen LogP contribution in [0, 0.1) is 0 Å². The zero-order valence-corrected chi connectivity index (χ0v) is 13.2. The summed E-state index contributed by atoms with van der Waals surface area (Å²) in [6.07, 6.45) is 2.46. The maximum Gasteiger partial charge on any atom is 0.326 e. The summed E-state index contributed by atoms with van der Waals surface area (Å²) in [5.74, 6) is -2.30. The molecule has 0 aliphatic carbocycles. The molecule has 0 spiro atoms. The molecule has 116 valence electrons. The van der Waals surface area contributed by atoms with Crippen molar-refractivity contribution in [1.82, 2.24) is 9.88 Å². The van der Waals surface area contributed by atoms with E-state index in [1.54, 1.807) is 16.8 Å². The third-order valence-corrected chi connectivity index (χ3v) is 3.28. The molecule has 4 N–H and O–H groups in total. The van der Waals surface area contributed by atoms with Crippen molar-refractivity contribution < 1.29 is 19.5 Å². The van der Waals surface area contributed by atoms with Crippen LogP contribution in [-0.4, -0.2) is 33.5 Å². The van der Waals surface area contributed by atoms with E-state index < -0.39 is 23.8 Å². The Morgan fingerprint density at radius 2 is 2.14 bits per heavy atom. The fraction of sp³-hybridized carbons (Fsp3) is 0.462. The molecule has 0 aliphatic heterocycles. The number of nitrogens with two attached hydrogens (primary N) is 1. The summed E-state index contributed by atoms with van der Waals surface area (Å²) in [5.41, 5.74) is 5.36. The number of carboxylic acid groups (broad SMARTS) is 1. The third kappa shape index (κ3) is 5.22. The maximum atomic E-state index is 12.2. The van der Waals surface area contributed by atoms with Crippen LogP contribution < -0.4 is 11.1 Å². The number of amides is 2. The molecule has 8 heteroatoms. The Morgan fingerprint density at radius 3 is 2.67 bits per heavy atom. The summed E-state index contributed by atoms with van der Waals surface area (Å²) in [7, 11) is 0. The van der Waals surface area contributed by atoms with Gasteiger partial charge >= 0.3 is 5.97 Å². The van der Waals surface area contributed by atoms with Gasteiger partial charge in [0.15, 0.2) is 0 Å². The molecule has 0 saturated carbocycles. The highest BCUT2D eigenvalue weighted by atomic mass is 79.9. The molecule has 0 radical (unpaired) electrons. The van der Waals surface area contributed by atoms with E-state index in [-0.39, 0.29) is 12.8 Å². The molecular formula is C13H18BrN3O4. The van der Waals surface area contributed by atoms with Gasteiger partial charge in [0, 0.05) is 23.6 Å². The summed E-state index contributed by atoms with van der Waals surface area (Å²) >= 11 is 3.29. The number of hydrogen-bond acceptors (Lipinski definition) is 3. The molecule has 1 unspecified atom stereocenters. The number of carbonyl (C=O) groups excluding carboxylic acids is 2. The minimum atomic E-state index is -1.20. The lowest BCUT2D eigenvalue weighted by Crippen LogP contribution is -2.42. The number of aryl methyl sites for hydroxylation is 1. The van der Waals surface area contributed by atoms with Gasteiger partial charge < -0.3 is 20.7 Å². The lowest BCUT2D eigenvalue weighted by atomic mass is 10.1. The first-order valence-electron chi connectivity index (χ1n) is 6.52. The molecular weight excluding hydrogens is 342 g/mol. The topological polar surface area (TPSA) is 114 Å². The largest absolute Gasteiger partial charge is 0.480 e. The smallest absolute Gasteiger partial charge is 0.326 e. The molecule has 7 nitrogen and oxygen atoms in total. The van der Waals surface area contributed by atoms with E-state index in [4.69, 9.17) is 10.8 Å². The van der Waals surface area contributed by atoms with Crippen LogP contribution in [0.3, 0.4) is 0 Å². The minimum absolute atomic E-state index is 0.0357. The molecule has 1 rings (SSSR count). The second-order valence-corrected chi connectivity index (χ2v) is 5.52. The standard InChI is InChI=1S/C13H18BrN3O4/c1-2-5-17-7-8(14)6-10(17)12(19)16-9(13(20)21)3-4-11(15)18/h6-7,9H,2-5H2,1H3,(H2,15,18)(H,16,19)(H,20,21). The number of halogens is 1. The van der Waals surface area contributed by atoms with Crippen LogP contribution in [0.5, 0.6) is 0 Å². The van der Waals surface area contributed by atoms with Gasteiger partial charge in [0.05, 0.1) is 0 Å². The normalized spacial score (nSPS) is 11.9. The quantitative estimate of drug-likeness (QED) is 0.644. The van der Waals surface area contributed by atoms with Gasteiger partial charge in [-0.05, 0) is 34.8 Å². The summed E-state index contributed by atoms with van der Waals surface area (Å²) in [5, 5.41) is 11.5. The predicted molar refractivity (Wildman–Crippen MR) is 79.7 cm³/mol. The fourth-order valence-electron chi connectivity index (χ4n) is 1.87. The van der Waals surface area contributed by atoms with Gasteiger partial charge in [0.1, 0.15) is 11.7 Å². The highest BCUT2D eigenvalue weighted by molar-refractivity contribution is 9.10. The second-order valence-electron chi connectivity index (χ2n) is 4.61. The lowest BCUT2D eigenvalue weighted by molar-refractivity contribution is -0.139. The van der Waals surface area contributed by atoms with Crippen LogP contribution in [0.25, 0.3) is 0 Å². The minimum Gasteiger partial charge on any atom is -0.480 e. The third-order valence-electron chi connectivity index (χ3n) is 2.84. The zero-order valence-electron chi connectivity index (χ0n) is 11.6. The first-order valence-corrected chi connectivity index (χ1v) is 7.32. The number of primary amides is 1. The van der Waals surface area contributed by atoms with E-state index in [0.29, 0.717) is 12.2 Å². The molecule has 1 aromatic rings. The van der Waals surface area contributed by atoms with Crippen molar-refractivity contribution in [2.75, 3.05) is 0 Å². The Hall–Kier alpha value is -1.83. The van der Waals surface area contributed by atoms with E-state index in [0.717, 1.165) is 10.9 Å². The van der Waals surface area contributed by atoms with Gasteiger partial charge in [-0.1, -0.05) is 6.92 Å². The Morgan fingerprint density at radius 1 is 1.48 bits per heavy atom. The molecule has 0 bridgehead atoms. The Balaban J connectivity index is 2.81. The number of rotatable bonds is 8. The number of aromatic nitrogens is 1. The van der Waals surface area contributed by atoms with Crippen LogP contribution in [-0.2, 0) is 16.1 Å². The van der Waals surface area contributed by atoms with E-state index in [9.17, 15) is 14.4 Å². The Bertz CT molecular complexity index is 542. The lowest BCUT2D eigenvalue weighted by Gasteiger charge is -2.14. The van der Waals surface area contributed by atoms with Crippen LogP contribution in [0.1, 0.15) is 36.7 Å². The van der Waals surface area contributed by atoms with Gasteiger partial charge in [-0.2, -0.15) is 0 Å². The molecule has 1 heterocycles. The van der Waals surface area contributed by atoms with E-state index in [1.807, 2.05) is 6.92 Å². The molecule has 21 heavy (non-hydrogen) atoms. The van der Waals surface area contributed by atoms with E-state index in [1.165, 1.54) is 0 Å². The Kier molecular flexibility index (Phi) is 6.41. The highest BCUT2D eigenvalue weighted by Gasteiger charge is 2.23. The van der Waals surface area contributed by atoms with Gasteiger partial charge in [-0.3, -0.25) is 9.59 Å². The Labute approximate surface area is 130 Å². The molecule has 0 saturated heterocycles. The number of aliphatic carboxylic acids is 1. The molecule has 1 aromatic heterocycles. The fourth-order valence-corrected chi connectivity index (χ4v) is 2.33. The summed E-state index contributed by atoms with van der Waals surface area (Å²) in [6, 6.07) is 0.478. The number of hydrogen-bond donors (Lipinski definition) is 3. The number of carboxylic acids is 1. The average Bonchev–Trinajstić information content (AvgIpc) is 2.75. The summed E-state index contributed by atoms with van der Waals surface area (Å²) in [4.78, 5) is 34.0. The van der Waals surface area contributed by atoms with E-state index >= 15 is 0 Å². The van der Waals surface area contributed by atoms with Crippen molar-refractivity contribution in [1.29, 1.82) is 0 Å². The van der Waals surface area contributed by atoms with Gasteiger partial charge in [-0.25, -0.2) is 4.79 Å². The molecule has 0 fully saturated rings. The summed E-state index contributed by atoms with van der Waals surface area (Å²) in [6.45, 7) is 2.62. The SMILES string of the molecule is CCCn1cc(Br)cc1C(=O)NC(CCC(N)=O)C(=O)O. The molecule has 0 aliphatic rings. The van der Waals surface area contributed by atoms with Crippen LogP contribution in [0.2, 0.25) is 0 Å². The molecule has 0 aromatic carbocycles. The monoisotopic (exact) mass is 359 g/mol. The zero-order chi connectivity index (χ0) is 16.0.